The molecule has 7 nitrogen and oxygen atoms in total. The van der Waals surface area contributed by atoms with Gasteiger partial charge in [0, 0.05) is 4.90 Å². The maximum absolute atomic E-state index is 12.3. The summed E-state index contributed by atoms with van der Waals surface area (Å²) in [6.07, 6.45) is 1.92. The minimum absolute atomic E-state index is 0.0798. The molecule has 8 heteroatoms. The van der Waals surface area contributed by atoms with E-state index in [-0.39, 0.29) is 5.69 Å². The molecule has 0 aliphatic rings. The van der Waals surface area contributed by atoms with E-state index in [1.165, 1.54) is 16.6 Å². The number of hydrogen-bond acceptors (Lipinski definition) is 6. The normalized spacial score (nSPS) is 10.4. The summed E-state index contributed by atoms with van der Waals surface area (Å²) in [5.74, 6) is -1.11. The Morgan fingerprint density at radius 1 is 1.07 bits per heavy atom. The molecule has 0 bridgehead atoms. The third-order valence-corrected chi connectivity index (χ3v) is 4.47. The van der Waals surface area contributed by atoms with Crippen LogP contribution in [0.2, 0.25) is 0 Å². The van der Waals surface area contributed by atoms with Crippen LogP contribution in [-0.2, 0) is 9.53 Å². The first-order valence-corrected chi connectivity index (χ1v) is 9.40. The van der Waals surface area contributed by atoms with Crippen molar-refractivity contribution in [1.82, 2.24) is 15.0 Å². The molecule has 3 rings (SSSR count). The summed E-state index contributed by atoms with van der Waals surface area (Å²) in [4.78, 5) is 26.6. The van der Waals surface area contributed by atoms with Crippen molar-refractivity contribution < 1.29 is 14.3 Å². The van der Waals surface area contributed by atoms with Gasteiger partial charge in [-0.2, -0.15) is 9.90 Å². The number of nitrogens with one attached hydrogen (secondary N) is 1. The van der Waals surface area contributed by atoms with Crippen LogP contribution in [0.1, 0.15) is 16.2 Å². The van der Waals surface area contributed by atoms with Crippen molar-refractivity contribution in [2.75, 3.05) is 18.2 Å². The predicted molar refractivity (Wildman–Crippen MR) is 103 cm³/mol. The van der Waals surface area contributed by atoms with E-state index in [0.717, 1.165) is 10.6 Å². The fourth-order valence-corrected chi connectivity index (χ4v) is 2.93. The SMILES string of the molecule is CSc1ccccc1NC(=O)COC(=O)c1nn(-c2ccccc2)nc1C. The molecule has 2 aromatic carbocycles. The van der Waals surface area contributed by atoms with Crippen LogP contribution >= 0.6 is 11.8 Å². The number of carbonyl (C=O) groups is 2. The number of benzene rings is 2. The van der Waals surface area contributed by atoms with Crippen molar-refractivity contribution >= 4 is 29.3 Å². The fourth-order valence-electron chi connectivity index (χ4n) is 2.38. The number of para-hydroxylation sites is 2. The monoisotopic (exact) mass is 382 g/mol. The van der Waals surface area contributed by atoms with E-state index in [4.69, 9.17) is 4.74 Å². The van der Waals surface area contributed by atoms with Crippen LogP contribution in [0.5, 0.6) is 0 Å². The van der Waals surface area contributed by atoms with Crippen LogP contribution in [0.3, 0.4) is 0 Å². The third kappa shape index (κ3) is 4.53. The molecular formula is C19H18N4O3S. The molecule has 1 aromatic heterocycles. The van der Waals surface area contributed by atoms with Gasteiger partial charge in [0.05, 0.1) is 17.1 Å². The van der Waals surface area contributed by atoms with Crippen molar-refractivity contribution in [3.63, 3.8) is 0 Å². The zero-order valence-electron chi connectivity index (χ0n) is 14.9. The summed E-state index contributed by atoms with van der Waals surface area (Å²) in [5, 5.41) is 11.1. The Labute approximate surface area is 160 Å². The molecule has 3 aromatic rings. The Morgan fingerprint density at radius 2 is 1.78 bits per heavy atom. The highest BCUT2D eigenvalue weighted by Crippen LogP contribution is 2.24. The van der Waals surface area contributed by atoms with Crippen LogP contribution < -0.4 is 5.32 Å². The molecule has 1 heterocycles. The molecule has 0 saturated heterocycles. The summed E-state index contributed by atoms with van der Waals surface area (Å²) in [6.45, 7) is 1.26. The van der Waals surface area contributed by atoms with Crippen LogP contribution in [0.15, 0.2) is 59.5 Å². The number of anilines is 1. The molecule has 0 saturated carbocycles. The summed E-state index contributed by atoms with van der Waals surface area (Å²) < 4.78 is 5.09. The number of thioether (sulfide) groups is 1. The molecule has 1 amide bonds. The number of amides is 1. The van der Waals surface area contributed by atoms with Crippen molar-refractivity contribution in [2.24, 2.45) is 0 Å². The maximum Gasteiger partial charge on any atom is 0.361 e. The van der Waals surface area contributed by atoms with Gasteiger partial charge in [-0.05, 0) is 37.4 Å². The quantitative estimate of drug-likeness (QED) is 0.521. The number of hydrogen-bond donors (Lipinski definition) is 1. The number of aryl methyl sites for hydroxylation is 1. The second-order valence-corrected chi connectivity index (χ2v) is 6.43. The Balaban J connectivity index is 1.62. The van der Waals surface area contributed by atoms with Crippen molar-refractivity contribution in [1.29, 1.82) is 0 Å². The van der Waals surface area contributed by atoms with E-state index in [0.29, 0.717) is 11.4 Å². The molecule has 0 fully saturated rings. The predicted octanol–water partition coefficient (Wildman–Crippen LogP) is 3.09. The zero-order chi connectivity index (χ0) is 19.2. The minimum Gasteiger partial charge on any atom is -0.451 e. The highest BCUT2D eigenvalue weighted by molar-refractivity contribution is 7.98. The van der Waals surface area contributed by atoms with Gasteiger partial charge in [0.25, 0.3) is 5.91 Å². The van der Waals surface area contributed by atoms with E-state index in [9.17, 15) is 9.59 Å². The molecule has 0 atom stereocenters. The Hall–Kier alpha value is -3.13. The van der Waals surface area contributed by atoms with E-state index < -0.39 is 18.5 Å². The standard InChI is InChI=1S/C19H18N4O3S/c1-13-18(22-23(21-13)14-8-4-3-5-9-14)19(25)26-12-17(24)20-15-10-6-7-11-16(15)27-2/h3-11H,12H2,1-2H3,(H,20,24). The van der Waals surface area contributed by atoms with Gasteiger partial charge >= 0.3 is 5.97 Å². The smallest absolute Gasteiger partial charge is 0.361 e. The lowest BCUT2D eigenvalue weighted by Gasteiger charge is -2.09. The van der Waals surface area contributed by atoms with E-state index in [1.807, 2.05) is 54.8 Å². The van der Waals surface area contributed by atoms with Gasteiger partial charge in [0.1, 0.15) is 0 Å². The van der Waals surface area contributed by atoms with Crippen LogP contribution in [-0.4, -0.2) is 39.7 Å². The molecule has 138 valence electrons. The Morgan fingerprint density at radius 3 is 2.52 bits per heavy atom. The first kappa shape index (κ1) is 18.7. The second kappa shape index (κ2) is 8.50. The molecule has 0 spiro atoms. The van der Waals surface area contributed by atoms with Gasteiger partial charge in [0.15, 0.2) is 12.3 Å². The molecule has 27 heavy (non-hydrogen) atoms. The lowest BCUT2D eigenvalue weighted by Crippen LogP contribution is -2.21. The van der Waals surface area contributed by atoms with Gasteiger partial charge in [-0.1, -0.05) is 30.3 Å². The number of carbonyl (C=O) groups excluding carboxylic acids is 2. The fraction of sp³-hybridized carbons (Fsp3) is 0.158. The number of aromatic nitrogens is 3. The molecule has 0 radical (unpaired) electrons. The van der Waals surface area contributed by atoms with Crippen LogP contribution in [0.25, 0.3) is 5.69 Å². The molecule has 1 N–H and O–H groups in total. The second-order valence-electron chi connectivity index (χ2n) is 5.58. The van der Waals surface area contributed by atoms with Gasteiger partial charge in [-0.3, -0.25) is 4.79 Å². The Bertz CT molecular complexity index is 957. The van der Waals surface area contributed by atoms with Gasteiger partial charge in [-0.25, -0.2) is 4.79 Å². The van der Waals surface area contributed by atoms with Crippen molar-refractivity contribution in [3.05, 3.63) is 66.0 Å². The van der Waals surface area contributed by atoms with Crippen LogP contribution in [0.4, 0.5) is 5.69 Å². The number of rotatable bonds is 6. The molecule has 0 aliphatic carbocycles. The largest absolute Gasteiger partial charge is 0.451 e. The molecular weight excluding hydrogens is 364 g/mol. The first-order valence-electron chi connectivity index (χ1n) is 8.18. The maximum atomic E-state index is 12.3. The third-order valence-electron chi connectivity index (χ3n) is 3.68. The topological polar surface area (TPSA) is 86.1 Å². The van der Waals surface area contributed by atoms with Gasteiger partial charge in [0.2, 0.25) is 0 Å². The lowest BCUT2D eigenvalue weighted by atomic mass is 10.3. The first-order chi connectivity index (χ1) is 13.1. The summed E-state index contributed by atoms with van der Waals surface area (Å²) >= 11 is 1.52. The van der Waals surface area contributed by atoms with E-state index >= 15 is 0 Å². The summed E-state index contributed by atoms with van der Waals surface area (Å²) in [5.41, 5.74) is 1.91. The van der Waals surface area contributed by atoms with Gasteiger partial charge < -0.3 is 10.1 Å². The molecule has 0 unspecified atom stereocenters. The highest BCUT2D eigenvalue weighted by atomic mass is 32.2. The van der Waals surface area contributed by atoms with E-state index in [2.05, 4.69) is 15.5 Å². The number of nitrogens with zero attached hydrogens (tertiary/aromatic N) is 3. The number of ether oxygens (including phenoxy) is 1. The van der Waals surface area contributed by atoms with Crippen molar-refractivity contribution in [2.45, 2.75) is 11.8 Å². The summed E-state index contributed by atoms with van der Waals surface area (Å²) in [6, 6.07) is 16.6. The van der Waals surface area contributed by atoms with Crippen molar-refractivity contribution in [3.8, 4) is 5.69 Å². The van der Waals surface area contributed by atoms with E-state index in [1.54, 1.807) is 13.0 Å². The average Bonchev–Trinajstić information content (AvgIpc) is 3.09. The van der Waals surface area contributed by atoms with Crippen LogP contribution in [0, 0.1) is 6.92 Å². The Kier molecular flexibility index (Phi) is 5.87. The minimum atomic E-state index is -0.692. The average molecular weight is 382 g/mol. The highest BCUT2D eigenvalue weighted by Gasteiger charge is 2.19. The lowest BCUT2D eigenvalue weighted by molar-refractivity contribution is -0.119. The summed E-state index contributed by atoms with van der Waals surface area (Å²) in [7, 11) is 0. The number of esters is 1. The zero-order valence-corrected chi connectivity index (χ0v) is 15.7. The van der Waals surface area contributed by atoms with Gasteiger partial charge in [-0.15, -0.1) is 16.9 Å². The molecule has 0 aliphatic heterocycles.